The standard InChI is InChI=1S/C11H12F11NO2/c1-2-3-4-23-6(24)25-11(21,22)10(19,20)9(17,18)7(12,13)5-8(14,15)16/h2-5H2,1H3,(H,23,24). The number of unbranched alkanes of at least 4 members (excludes halogenated alkanes) is 1. The minimum Gasteiger partial charge on any atom is -0.379 e. The summed E-state index contributed by atoms with van der Waals surface area (Å²) < 4.78 is 143. The molecule has 3 nitrogen and oxygen atoms in total. The predicted octanol–water partition coefficient (Wildman–Crippen LogP) is 4.96. The average Bonchev–Trinajstić information content (AvgIpc) is 2.34. The highest BCUT2D eigenvalue weighted by Crippen LogP contribution is 2.55. The van der Waals surface area contributed by atoms with Crippen LogP contribution in [0.1, 0.15) is 26.2 Å². The van der Waals surface area contributed by atoms with E-state index in [1.54, 1.807) is 6.92 Å². The number of carbonyl (C=O) groups is 1. The first-order valence-corrected chi connectivity index (χ1v) is 6.46. The van der Waals surface area contributed by atoms with Gasteiger partial charge in [0.1, 0.15) is 6.42 Å². The quantitative estimate of drug-likeness (QED) is 0.463. The molecule has 0 fully saturated rings. The summed E-state index contributed by atoms with van der Waals surface area (Å²) in [6, 6.07) is 0. The highest BCUT2D eigenvalue weighted by Gasteiger charge is 2.83. The van der Waals surface area contributed by atoms with Gasteiger partial charge in [0.25, 0.3) is 0 Å². The van der Waals surface area contributed by atoms with E-state index in [0.29, 0.717) is 6.42 Å². The van der Waals surface area contributed by atoms with Gasteiger partial charge in [-0.2, -0.15) is 48.3 Å². The Hall–Kier alpha value is -1.50. The number of ether oxygens (including phenoxy) is 1. The van der Waals surface area contributed by atoms with Crippen LogP contribution in [0.5, 0.6) is 0 Å². The summed E-state index contributed by atoms with van der Waals surface area (Å²) >= 11 is 0. The predicted molar refractivity (Wildman–Crippen MR) is 59.9 cm³/mol. The van der Waals surface area contributed by atoms with Crippen LogP contribution in [0, 0.1) is 0 Å². The number of halogens is 11. The number of nitrogens with one attached hydrogen (secondary N) is 1. The minimum atomic E-state index is -7.18. The molecular weight excluding hydrogens is 387 g/mol. The zero-order valence-electron chi connectivity index (χ0n) is 12.3. The van der Waals surface area contributed by atoms with Gasteiger partial charge in [0.05, 0.1) is 0 Å². The lowest BCUT2D eigenvalue weighted by atomic mass is 10.0. The smallest absolute Gasteiger partial charge is 0.379 e. The van der Waals surface area contributed by atoms with Crippen molar-refractivity contribution in [1.29, 1.82) is 0 Å². The van der Waals surface area contributed by atoms with Crippen LogP contribution < -0.4 is 5.32 Å². The van der Waals surface area contributed by atoms with Crippen LogP contribution in [0.3, 0.4) is 0 Å². The maximum absolute atomic E-state index is 13.1. The topological polar surface area (TPSA) is 38.3 Å². The van der Waals surface area contributed by atoms with Gasteiger partial charge in [-0.25, -0.2) is 4.79 Å². The van der Waals surface area contributed by atoms with Crippen LogP contribution in [0.15, 0.2) is 0 Å². The molecule has 0 radical (unpaired) electrons. The molecule has 0 saturated carbocycles. The zero-order chi connectivity index (χ0) is 20.3. The SMILES string of the molecule is CCCCNC(=O)OC(F)(F)C(F)(F)C(F)(F)C(F)(F)CC(F)(F)F. The van der Waals surface area contributed by atoms with Gasteiger partial charge in [-0.05, 0) is 6.42 Å². The summed E-state index contributed by atoms with van der Waals surface area (Å²) in [6.07, 6.45) is -18.2. The van der Waals surface area contributed by atoms with E-state index < -0.39 is 49.1 Å². The summed E-state index contributed by atoms with van der Waals surface area (Å²) in [5, 5.41) is 1.45. The van der Waals surface area contributed by atoms with Crippen molar-refractivity contribution in [2.24, 2.45) is 0 Å². The third-order valence-electron chi connectivity index (χ3n) is 2.66. The van der Waals surface area contributed by atoms with E-state index >= 15 is 0 Å². The first-order valence-electron chi connectivity index (χ1n) is 6.46. The monoisotopic (exact) mass is 399 g/mol. The highest BCUT2D eigenvalue weighted by atomic mass is 19.4. The zero-order valence-corrected chi connectivity index (χ0v) is 12.3. The number of carbonyl (C=O) groups excluding carboxylic acids is 1. The van der Waals surface area contributed by atoms with Gasteiger partial charge in [0, 0.05) is 6.54 Å². The third kappa shape index (κ3) is 5.49. The van der Waals surface area contributed by atoms with Crippen LogP contribution in [0.25, 0.3) is 0 Å². The molecule has 0 aromatic rings. The molecule has 14 heteroatoms. The van der Waals surface area contributed by atoms with E-state index in [4.69, 9.17) is 0 Å². The van der Waals surface area contributed by atoms with Crippen LogP contribution in [0.4, 0.5) is 53.1 Å². The number of alkyl halides is 11. The number of rotatable bonds is 8. The maximum atomic E-state index is 13.1. The van der Waals surface area contributed by atoms with Crippen molar-refractivity contribution in [2.75, 3.05) is 6.54 Å². The van der Waals surface area contributed by atoms with Gasteiger partial charge in [0.15, 0.2) is 0 Å². The summed E-state index contributed by atoms with van der Waals surface area (Å²) in [5.74, 6) is -20.9. The molecule has 0 saturated heterocycles. The molecule has 0 aliphatic carbocycles. The van der Waals surface area contributed by atoms with Crippen LogP contribution in [0.2, 0.25) is 0 Å². The fraction of sp³-hybridized carbons (Fsp3) is 0.909. The molecule has 25 heavy (non-hydrogen) atoms. The second kappa shape index (κ2) is 7.40. The number of hydrogen-bond acceptors (Lipinski definition) is 2. The van der Waals surface area contributed by atoms with E-state index in [1.165, 1.54) is 5.32 Å². The fourth-order valence-corrected chi connectivity index (χ4v) is 1.36. The first-order chi connectivity index (χ1) is 10.9. The minimum absolute atomic E-state index is 0.150. The van der Waals surface area contributed by atoms with Gasteiger partial charge >= 0.3 is 36.1 Å². The van der Waals surface area contributed by atoms with Gasteiger partial charge in [0.2, 0.25) is 0 Å². The van der Waals surface area contributed by atoms with Crippen LogP contribution in [-0.2, 0) is 4.74 Å². The lowest BCUT2D eigenvalue weighted by molar-refractivity contribution is -0.419. The van der Waals surface area contributed by atoms with Crippen molar-refractivity contribution >= 4 is 6.09 Å². The van der Waals surface area contributed by atoms with Crippen molar-refractivity contribution in [3.8, 4) is 0 Å². The van der Waals surface area contributed by atoms with Gasteiger partial charge in [-0.1, -0.05) is 13.3 Å². The Morgan fingerprint density at radius 2 is 1.36 bits per heavy atom. The lowest BCUT2D eigenvalue weighted by Crippen LogP contribution is -2.64. The molecule has 0 aliphatic heterocycles. The van der Waals surface area contributed by atoms with Crippen LogP contribution >= 0.6 is 0 Å². The summed E-state index contributed by atoms with van der Waals surface area (Å²) in [7, 11) is 0. The maximum Gasteiger partial charge on any atom is 0.474 e. The second-order valence-corrected chi connectivity index (χ2v) is 4.83. The van der Waals surface area contributed by atoms with E-state index in [2.05, 4.69) is 4.74 Å². The summed E-state index contributed by atoms with van der Waals surface area (Å²) in [6.45, 7) is 1.18. The van der Waals surface area contributed by atoms with Crippen molar-refractivity contribution in [3.63, 3.8) is 0 Å². The Labute approximate surface area is 133 Å². The summed E-state index contributed by atoms with van der Waals surface area (Å²) in [4.78, 5) is 10.8. The molecule has 1 N–H and O–H groups in total. The van der Waals surface area contributed by atoms with Crippen LogP contribution in [-0.4, -0.2) is 42.7 Å². The average molecular weight is 399 g/mol. The summed E-state index contributed by atoms with van der Waals surface area (Å²) in [5.41, 5.74) is 0. The number of amides is 1. The number of alkyl carbamates (subject to hydrolysis) is 1. The van der Waals surface area contributed by atoms with Gasteiger partial charge in [-0.15, -0.1) is 0 Å². The molecule has 0 bridgehead atoms. The highest BCUT2D eigenvalue weighted by molar-refractivity contribution is 5.67. The molecule has 0 spiro atoms. The van der Waals surface area contributed by atoms with E-state index in [9.17, 15) is 53.1 Å². The van der Waals surface area contributed by atoms with E-state index in [1.807, 2.05) is 0 Å². The van der Waals surface area contributed by atoms with Gasteiger partial charge < -0.3 is 10.1 Å². The molecule has 0 unspecified atom stereocenters. The third-order valence-corrected chi connectivity index (χ3v) is 2.66. The Balaban J connectivity index is 5.43. The Morgan fingerprint density at radius 1 is 0.880 bits per heavy atom. The lowest BCUT2D eigenvalue weighted by Gasteiger charge is -2.35. The van der Waals surface area contributed by atoms with Crippen molar-refractivity contribution in [2.45, 2.75) is 56.2 Å². The molecule has 0 rings (SSSR count). The molecule has 0 heterocycles. The molecule has 0 aromatic heterocycles. The molecular formula is C11H12F11NO2. The van der Waals surface area contributed by atoms with E-state index in [0.717, 1.165) is 0 Å². The fourth-order valence-electron chi connectivity index (χ4n) is 1.36. The van der Waals surface area contributed by atoms with Crippen molar-refractivity contribution in [1.82, 2.24) is 5.32 Å². The first kappa shape index (κ1) is 23.5. The Kier molecular flexibility index (Phi) is 6.95. The molecule has 0 aliphatic rings. The van der Waals surface area contributed by atoms with Crippen molar-refractivity contribution < 1.29 is 57.8 Å². The van der Waals surface area contributed by atoms with E-state index in [-0.39, 0.29) is 6.42 Å². The molecule has 0 atom stereocenters. The Bertz CT molecular complexity index is 461. The van der Waals surface area contributed by atoms with Crippen molar-refractivity contribution in [3.05, 3.63) is 0 Å². The molecule has 1 amide bonds. The Morgan fingerprint density at radius 3 is 1.76 bits per heavy atom. The molecule has 0 aromatic carbocycles. The molecule has 150 valence electrons. The number of hydrogen-bond donors (Lipinski definition) is 1. The second-order valence-electron chi connectivity index (χ2n) is 4.83. The normalized spacial score (nSPS) is 14.4. The largest absolute Gasteiger partial charge is 0.474 e. The van der Waals surface area contributed by atoms with Gasteiger partial charge in [-0.3, -0.25) is 0 Å².